The van der Waals surface area contributed by atoms with E-state index in [9.17, 15) is 17.1 Å². The van der Waals surface area contributed by atoms with Gasteiger partial charge in [-0.3, -0.25) is 9.69 Å². The lowest BCUT2D eigenvalue weighted by atomic mass is 10.1. The maximum Gasteiger partial charge on any atom is 0.332 e. The van der Waals surface area contributed by atoms with Gasteiger partial charge in [0, 0.05) is 37.8 Å². The first kappa shape index (κ1) is 26.0. The van der Waals surface area contributed by atoms with Crippen molar-refractivity contribution in [2.75, 3.05) is 19.6 Å². The van der Waals surface area contributed by atoms with Crippen LogP contribution in [0, 0.1) is 19.3 Å². The van der Waals surface area contributed by atoms with Crippen LogP contribution >= 0.6 is 11.3 Å². The predicted octanol–water partition coefficient (Wildman–Crippen LogP) is 3.84. The van der Waals surface area contributed by atoms with Crippen LogP contribution in [0.4, 0.5) is 3.89 Å². The normalized spacial score (nSPS) is 16.6. The molecule has 3 heterocycles. The SMILES string of the molecule is C#Cc1cc(CN2CCN(C(=O)Cn3c(-c4scnc4C)nc4ccccc43)[C@H](C)C2)cc(S(=O)(=O)F)c1. The Balaban J connectivity index is 1.33. The average Bonchev–Trinajstić information content (AvgIpc) is 3.46. The van der Waals surface area contributed by atoms with E-state index in [1.807, 2.05) is 47.6 Å². The number of rotatable bonds is 6. The summed E-state index contributed by atoms with van der Waals surface area (Å²) in [5.41, 5.74) is 5.28. The van der Waals surface area contributed by atoms with Crippen LogP contribution < -0.4 is 0 Å². The van der Waals surface area contributed by atoms with Gasteiger partial charge in [0.05, 0.1) is 27.1 Å². The number of hydrogen-bond acceptors (Lipinski definition) is 7. The number of imidazole rings is 1. The van der Waals surface area contributed by atoms with Crippen molar-refractivity contribution in [1.82, 2.24) is 24.3 Å². The number of thiazole rings is 1. The standard InChI is InChI=1S/C27H26FN5O3S2/c1-4-20-11-21(13-22(12-20)38(28,35)36)15-31-9-10-32(18(2)14-31)25(34)16-33-24-8-6-5-7-23(24)30-27(33)26-19(3)29-17-37-26/h1,5-8,11-13,17-18H,9-10,14-16H2,2-3H3/t18-/m1/s1. The van der Waals surface area contributed by atoms with Crippen LogP contribution in [0.1, 0.15) is 23.7 Å². The molecule has 0 saturated carbocycles. The fourth-order valence-electron chi connectivity index (χ4n) is 4.93. The second-order valence-corrected chi connectivity index (χ2v) is 11.6. The Morgan fingerprint density at radius 1 is 1.24 bits per heavy atom. The minimum absolute atomic E-state index is 0.0103. The Bertz CT molecular complexity index is 1670. The molecule has 0 spiro atoms. The molecular formula is C27H26FN5O3S2. The number of halogens is 1. The van der Waals surface area contributed by atoms with E-state index in [0.717, 1.165) is 33.5 Å². The van der Waals surface area contributed by atoms with E-state index in [1.54, 1.807) is 11.6 Å². The van der Waals surface area contributed by atoms with Gasteiger partial charge in [-0.25, -0.2) is 9.97 Å². The predicted molar refractivity (Wildman–Crippen MR) is 145 cm³/mol. The Morgan fingerprint density at radius 2 is 2.03 bits per heavy atom. The summed E-state index contributed by atoms with van der Waals surface area (Å²) in [5, 5.41) is 0. The molecule has 5 rings (SSSR count). The molecule has 38 heavy (non-hydrogen) atoms. The summed E-state index contributed by atoms with van der Waals surface area (Å²) in [6.07, 6.45) is 5.44. The topological polar surface area (TPSA) is 88.4 Å². The Labute approximate surface area is 225 Å². The largest absolute Gasteiger partial charge is 0.336 e. The van der Waals surface area contributed by atoms with Crippen LogP contribution in [-0.2, 0) is 28.1 Å². The van der Waals surface area contributed by atoms with Crippen molar-refractivity contribution >= 4 is 38.5 Å². The molecule has 8 nitrogen and oxygen atoms in total. The van der Waals surface area contributed by atoms with Crippen LogP contribution in [0.15, 0.2) is 52.9 Å². The van der Waals surface area contributed by atoms with Gasteiger partial charge in [0.1, 0.15) is 11.4 Å². The number of nitrogens with zero attached hydrogens (tertiary/aromatic N) is 5. The molecule has 1 fully saturated rings. The lowest BCUT2D eigenvalue weighted by Gasteiger charge is -2.40. The van der Waals surface area contributed by atoms with E-state index in [1.165, 1.54) is 17.4 Å². The van der Waals surface area contributed by atoms with Crippen LogP contribution in [0.25, 0.3) is 21.7 Å². The summed E-state index contributed by atoms with van der Waals surface area (Å²) in [5.74, 6) is 3.11. The number of para-hydroxylation sites is 2. The number of hydrogen-bond donors (Lipinski definition) is 0. The third-order valence-electron chi connectivity index (χ3n) is 6.75. The van der Waals surface area contributed by atoms with E-state index in [2.05, 4.69) is 15.8 Å². The lowest BCUT2D eigenvalue weighted by Crippen LogP contribution is -2.54. The fourth-order valence-corrected chi connectivity index (χ4v) is 6.29. The molecule has 1 saturated heterocycles. The van der Waals surface area contributed by atoms with E-state index in [0.29, 0.717) is 37.3 Å². The van der Waals surface area contributed by atoms with E-state index >= 15 is 0 Å². The zero-order valence-electron chi connectivity index (χ0n) is 21.0. The Hall–Kier alpha value is -3.59. The molecule has 11 heteroatoms. The minimum Gasteiger partial charge on any atom is -0.336 e. The maximum absolute atomic E-state index is 13.6. The van der Waals surface area contributed by atoms with Gasteiger partial charge < -0.3 is 9.47 Å². The quantitative estimate of drug-likeness (QED) is 0.267. The van der Waals surface area contributed by atoms with Crippen LogP contribution in [0.2, 0.25) is 0 Å². The lowest BCUT2D eigenvalue weighted by molar-refractivity contribution is -0.136. The first-order valence-electron chi connectivity index (χ1n) is 12.1. The first-order chi connectivity index (χ1) is 18.1. The maximum atomic E-state index is 13.6. The van der Waals surface area contributed by atoms with Crippen molar-refractivity contribution in [1.29, 1.82) is 0 Å². The number of aromatic nitrogens is 3. The third-order valence-corrected chi connectivity index (χ3v) is 8.47. The van der Waals surface area contributed by atoms with E-state index in [-0.39, 0.29) is 18.5 Å². The monoisotopic (exact) mass is 551 g/mol. The van der Waals surface area contributed by atoms with Gasteiger partial charge in [0.25, 0.3) is 0 Å². The molecule has 1 aliphatic rings. The van der Waals surface area contributed by atoms with Crippen molar-refractivity contribution in [3.8, 4) is 23.0 Å². The molecule has 196 valence electrons. The van der Waals surface area contributed by atoms with Crippen molar-refractivity contribution in [2.45, 2.75) is 37.9 Å². The highest BCUT2D eigenvalue weighted by Gasteiger charge is 2.29. The molecule has 0 N–H and O–H groups in total. The van der Waals surface area contributed by atoms with Gasteiger partial charge in [-0.15, -0.1) is 21.6 Å². The Kier molecular flexibility index (Phi) is 7.05. The highest BCUT2D eigenvalue weighted by Crippen LogP contribution is 2.30. The van der Waals surface area contributed by atoms with E-state index in [4.69, 9.17) is 11.4 Å². The number of carbonyl (C=O) groups excluding carboxylic acids is 1. The number of terminal acetylenes is 1. The van der Waals surface area contributed by atoms with Crippen molar-refractivity contribution in [2.24, 2.45) is 0 Å². The van der Waals surface area contributed by atoms with Gasteiger partial charge >= 0.3 is 10.2 Å². The number of carbonyl (C=O) groups is 1. The molecule has 0 radical (unpaired) electrons. The molecule has 1 amide bonds. The van der Waals surface area contributed by atoms with E-state index < -0.39 is 15.1 Å². The number of aryl methyl sites for hydroxylation is 1. The van der Waals surface area contributed by atoms with Gasteiger partial charge in [0.2, 0.25) is 5.91 Å². The number of amides is 1. The minimum atomic E-state index is -4.87. The molecule has 1 atom stereocenters. The second-order valence-electron chi connectivity index (χ2n) is 9.40. The zero-order chi connectivity index (χ0) is 27.0. The van der Waals surface area contributed by atoms with Crippen LogP contribution in [0.3, 0.4) is 0 Å². The summed E-state index contributed by atoms with van der Waals surface area (Å²) < 4.78 is 38.5. The summed E-state index contributed by atoms with van der Waals surface area (Å²) in [6.45, 7) is 6.13. The average molecular weight is 552 g/mol. The summed E-state index contributed by atoms with van der Waals surface area (Å²) >= 11 is 1.50. The smallest absolute Gasteiger partial charge is 0.332 e. The molecule has 0 unspecified atom stereocenters. The van der Waals surface area contributed by atoms with Gasteiger partial charge in [-0.2, -0.15) is 8.42 Å². The molecule has 0 bridgehead atoms. The highest BCUT2D eigenvalue weighted by atomic mass is 32.3. The van der Waals surface area contributed by atoms with Crippen LogP contribution in [0.5, 0.6) is 0 Å². The molecule has 1 aliphatic heterocycles. The molecule has 0 aliphatic carbocycles. The first-order valence-corrected chi connectivity index (χ1v) is 14.3. The molecule has 4 aromatic rings. The second kappa shape index (κ2) is 10.3. The van der Waals surface area contributed by atoms with Gasteiger partial charge in [0.15, 0.2) is 5.82 Å². The molecule has 2 aromatic heterocycles. The fraction of sp³-hybridized carbons (Fsp3) is 0.296. The van der Waals surface area contributed by atoms with Crippen LogP contribution in [-0.4, -0.2) is 64.3 Å². The summed E-state index contributed by atoms with van der Waals surface area (Å²) in [6, 6.07) is 11.8. The Morgan fingerprint density at radius 3 is 2.71 bits per heavy atom. The van der Waals surface area contributed by atoms with Crippen molar-refractivity contribution in [3.63, 3.8) is 0 Å². The van der Waals surface area contributed by atoms with Gasteiger partial charge in [-0.05, 0) is 49.7 Å². The summed E-state index contributed by atoms with van der Waals surface area (Å²) in [7, 11) is -4.87. The highest BCUT2D eigenvalue weighted by molar-refractivity contribution is 7.86. The van der Waals surface area contributed by atoms with Crippen molar-refractivity contribution < 1.29 is 17.1 Å². The molecular weight excluding hydrogens is 525 g/mol. The van der Waals surface area contributed by atoms with Gasteiger partial charge in [-0.1, -0.05) is 18.1 Å². The zero-order valence-corrected chi connectivity index (χ0v) is 22.6. The third kappa shape index (κ3) is 5.20. The van der Waals surface area contributed by atoms with Crippen molar-refractivity contribution in [3.05, 3.63) is 64.8 Å². The number of fused-ring (bicyclic) bond motifs is 1. The number of benzene rings is 2. The summed E-state index contributed by atoms with van der Waals surface area (Å²) in [4.78, 5) is 27.2. The molecule has 2 aromatic carbocycles. The number of piperazine rings is 1.